The topological polar surface area (TPSA) is 61.5 Å². The van der Waals surface area contributed by atoms with Gasteiger partial charge in [-0.1, -0.05) is 40.5 Å². The lowest BCUT2D eigenvalue weighted by Gasteiger charge is -2.21. The second-order valence-corrected chi connectivity index (χ2v) is 4.96. The van der Waals surface area contributed by atoms with Crippen molar-refractivity contribution in [1.29, 1.82) is 0 Å². The van der Waals surface area contributed by atoms with Gasteiger partial charge in [-0.2, -0.15) is 5.10 Å². The Bertz CT molecular complexity index is 345. The van der Waals surface area contributed by atoms with Crippen LogP contribution in [0.5, 0.6) is 0 Å². The Morgan fingerprint density at radius 3 is 2.33 bits per heavy atom. The number of rotatable bonds is 10. The minimum atomic E-state index is -1.43. The summed E-state index contributed by atoms with van der Waals surface area (Å²) in [6.45, 7) is 12.4. The highest BCUT2D eigenvalue weighted by Crippen LogP contribution is 2.00. The molecule has 1 aromatic heterocycles. The molecule has 0 atom stereocenters. The highest BCUT2D eigenvalue weighted by molar-refractivity contribution is 6.58. The normalized spacial score (nSPS) is 10.4. The molecule has 0 spiro atoms. The highest BCUT2D eigenvalue weighted by atomic mass is 16.4. The molecule has 122 valence electrons. The van der Waals surface area contributed by atoms with Gasteiger partial charge in [-0.25, -0.2) is 0 Å². The molecule has 0 aliphatic rings. The summed E-state index contributed by atoms with van der Waals surface area (Å²) < 4.78 is 1.78. The van der Waals surface area contributed by atoms with Crippen LogP contribution in [-0.2, 0) is 6.54 Å². The maximum atomic E-state index is 9.03. The molecule has 6 heteroatoms. The zero-order valence-electron chi connectivity index (χ0n) is 14.1. The smallest absolute Gasteiger partial charge is 0.423 e. The minimum absolute atomic E-state index is 0.452. The van der Waals surface area contributed by atoms with E-state index in [9.17, 15) is 0 Å². The van der Waals surface area contributed by atoms with E-state index in [4.69, 9.17) is 10.0 Å². The molecule has 0 saturated carbocycles. The summed E-state index contributed by atoms with van der Waals surface area (Å²) in [5.74, 6) is 0. The van der Waals surface area contributed by atoms with Crippen molar-refractivity contribution >= 4 is 12.6 Å². The van der Waals surface area contributed by atoms with Crippen molar-refractivity contribution < 1.29 is 10.0 Å². The van der Waals surface area contributed by atoms with Crippen molar-refractivity contribution in [1.82, 2.24) is 14.7 Å². The summed E-state index contributed by atoms with van der Waals surface area (Å²) >= 11 is 0. The lowest BCUT2D eigenvalue weighted by atomic mass is 9.83. The van der Waals surface area contributed by atoms with Crippen LogP contribution in [-0.4, -0.2) is 51.5 Å². The van der Waals surface area contributed by atoms with Crippen molar-refractivity contribution in [2.75, 3.05) is 19.6 Å². The third-order valence-electron chi connectivity index (χ3n) is 3.21. The van der Waals surface area contributed by atoms with Gasteiger partial charge in [-0.05, 0) is 25.9 Å². The molecular weight excluding hydrogens is 265 g/mol. The molecule has 0 bridgehead atoms. The highest BCUT2D eigenvalue weighted by Gasteiger charge is 2.13. The second-order valence-electron chi connectivity index (χ2n) is 4.96. The zero-order valence-corrected chi connectivity index (χ0v) is 14.1. The molecule has 1 rings (SSSR count). The van der Waals surface area contributed by atoms with Gasteiger partial charge < -0.3 is 14.9 Å². The van der Waals surface area contributed by atoms with Crippen LogP contribution in [0.1, 0.15) is 53.4 Å². The van der Waals surface area contributed by atoms with E-state index in [1.807, 2.05) is 13.8 Å². The molecule has 1 heterocycles. The van der Waals surface area contributed by atoms with Crippen molar-refractivity contribution in [2.45, 2.75) is 59.9 Å². The van der Waals surface area contributed by atoms with E-state index in [0.29, 0.717) is 5.46 Å². The average Bonchev–Trinajstić information content (AvgIpc) is 2.96. The molecule has 0 radical (unpaired) electrons. The molecule has 0 unspecified atom stereocenters. The van der Waals surface area contributed by atoms with Gasteiger partial charge in [-0.3, -0.25) is 4.68 Å². The van der Waals surface area contributed by atoms with Crippen molar-refractivity contribution in [3.8, 4) is 0 Å². The van der Waals surface area contributed by atoms with Crippen molar-refractivity contribution in [2.24, 2.45) is 0 Å². The zero-order chi connectivity index (χ0) is 16.1. The fraction of sp³-hybridized carbons (Fsp3) is 0.800. The molecule has 0 aromatic carbocycles. The Balaban J connectivity index is 0.00000191. The monoisotopic (exact) mass is 297 g/mol. The van der Waals surface area contributed by atoms with E-state index >= 15 is 0 Å². The van der Waals surface area contributed by atoms with E-state index in [0.717, 1.165) is 32.6 Å². The van der Waals surface area contributed by atoms with Crippen LogP contribution in [0.2, 0.25) is 0 Å². The molecule has 0 amide bonds. The number of hydrogen-bond donors (Lipinski definition) is 2. The minimum Gasteiger partial charge on any atom is -0.423 e. The summed E-state index contributed by atoms with van der Waals surface area (Å²) in [5.41, 5.74) is 0.452. The molecule has 5 nitrogen and oxygen atoms in total. The molecule has 1 aromatic rings. The van der Waals surface area contributed by atoms with Crippen molar-refractivity contribution in [3.05, 3.63) is 12.4 Å². The molecule has 21 heavy (non-hydrogen) atoms. The van der Waals surface area contributed by atoms with Gasteiger partial charge in [0.1, 0.15) is 0 Å². The van der Waals surface area contributed by atoms with Crippen LogP contribution in [0.4, 0.5) is 0 Å². The van der Waals surface area contributed by atoms with Gasteiger partial charge in [0, 0.05) is 24.4 Å². The average molecular weight is 297 g/mol. The Kier molecular flexibility index (Phi) is 12.3. The first-order valence-electron chi connectivity index (χ1n) is 8.28. The third-order valence-corrected chi connectivity index (χ3v) is 3.21. The summed E-state index contributed by atoms with van der Waals surface area (Å²) in [6, 6.07) is 0. The fourth-order valence-corrected chi connectivity index (χ4v) is 2.12. The van der Waals surface area contributed by atoms with E-state index < -0.39 is 7.12 Å². The van der Waals surface area contributed by atoms with Crippen molar-refractivity contribution in [3.63, 3.8) is 0 Å². The van der Waals surface area contributed by atoms with Gasteiger partial charge in [0.25, 0.3) is 0 Å². The van der Waals surface area contributed by atoms with E-state index in [2.05, 4.69) is 23.8 Å². The summed E-state index contributed by atoms with van der Waals surface area (Å²) in [7, 11) is -1.43. The van der Waals surface area contributed by atoms with Gasteiger partial charge in [0.2, 0.25) is 0 Å². The lowest BCUT2D eigenvalue weighted by Crippen LogP contribution is -2.30. The summed E-state index contributed by atoms with van der Waals surface area (Å²) in [4.78, 5) is 2.45. The molecular formula is C15H32BN3O2. The van der Waals surface area contributed by atoms with Crippen LogP contribution >= 0.6 is 0 Å². The molecule has 0 saturated heterocycles. The van der Waals surface area contributed by atoms with E-state index in [1.165, 1.54) is 25.5 Å². The predicted molar refractivity (Wildman–Crippen MR) is 89.7 cm³/mol. The van der Waals surface area contributed by atoms with Crippen LogP contribution in [0.15, 0.2) is 12.4 Å². The third kappa shape index (κ3) is 8.91. The predicted octanol–water partition coefficient (Wildman–Crippen LogP) is 1.49. The van der Waals surface area contributed by atoms with E-state index in [1.54, 1.807) is 10.9 Å². The van der Waals surface area contributed by atoms with Crippen LogP contribution in [0.3, 0.4) is 0 Å². The first-order valence-corrected chi connectivity index (χ1v) is 8.28. The Morgan fingerprint density at radius 2 is 1.81 bits per heavy atom. The number of nitrogens with zero attached hydrogens (tertiary/aromatic N) is 3. The maximum Gasteiger partial charge on any atom is 0.491 e. The maximum absolute atomic E-state index is 9.03. The largest absolute Gasteiger partial charge is 0.491 e. The van der Waals surface area contributed by atoms with Crippen LogP contribution < -0.4 is 5.46 Å². The first kappa shape index (κ1) is 20.2. The molecule has 0 aliphatic heterocycles. The summed E-state index contributed by atoms with van der Waals surface area (Å²) in [6.07, 6.45) is 8.13. The van der Waals surface area contributed by atoms with Gasteiger partial charge in [-0.15, -0.1) is 0 Å². The number of aromatic nitrogens is 2. The fourth-order valence-electron chi connectivity index (χ4n) is 2.12. The Morgan fingerprint density at radius 1 is 1.10 bits per heavy atom. The SMILES string of the molecule is CC.CCCCCN(CCC)CCn1cc(B(O)O)cn1. The van der Waals surface area contributed by atoms with Gasteiger partial charge in [0.05, 0.1) is 6.54 Å². The van der Waals surface area contributed by atoms with Gasteiger partial charge >= 0.3 is 7.12 Å². The molecule has 0 fully saturated rings. The van der Waals surface area contributed by atoms with Crippen LogP contribution in [0.25, 0.3) is 0 Å². The Hall–Kier alpha value is -0.845. The summed E-state index contributed by atoms with van der Waals surface area (Å²) in [5, 5.41) is 22.2. The second kappa shape index (κ2) is 12.9. The lowest BCUT2D eigenvalue weighted by molar-refractivity contribution is 0.253. The first-order chi connectivity index (χ1) is 10.2. The van der Waals surface area contributed by atoms with Crippen LogP contribution in [0, 0.1) is 0 Å². The number of unbranched alkanes of at least 4 members (excludes halogenated alkanes) is 2. The quantitative estimate of drug-likeness (QED) is 0.507. The van der Waals surface area contributed by atoms with Gasteiger partial charge in [0.15, 0.2) is 0 Å². The number of hydrogen-bond acceptors (Lipinski definition) is 4. The standard InChI is InChI=1S/C13H26BN3O2.C2H6/c1-3-5-6-8-16(7-4-2)9-10-17-12-13(11-15-17)14(18)19;1-2/h11-12,18-19H,3-10H2,1-2H3;1-2H3. The molecule has 0 aliphatic carbocycles. The van der Waals surface area contributed by atoms with E-state index in [-0.39, 0.29) is 0 Å². The molecule has 2 N–H and O–H groups in total. The Labute approximate surface area is 130 Å².